The van der Waals surface area contributed by atoms with Crippen LogP contribution in [0.3, 0.4) is 0 Å². The summed E-state index contributed by atoms with van der Waals surface area (Å²) in [7, 11) is 0. The van der Waals surface area contributed by atoms with E-state index < -0.39 is 30.1 Å². The van der Waals surface area contributed by atoms with Crippen molar-refractivity contribution in [1.82, 2.24) is 15.5 Å². The summed E-state index contributed by atoms with van der Waals surface area (Å²) >= 11 is 0. The number of imide groups is 1. The highest BCUT2D eigenvalue weighted by Gasteiger charge is 2.17. The second kappa shape index (κ2) is 9.48. The molecule has 8 nitrogen and oxygen atoms in total. The van der Waals surface area contributed by atoms with Crippen LogP contribution in [0.15, 0.2) is 24.3 Å². The van der Waals surface area contributed by atoms with E-state index in [1.807, 2.05) is 12.1 Å². The number of rotatable bonds is 5. The average Bonchev–Trinajstić information content (AvgIpc) is 2.59. The third kappa shape index (κ3) is 7.76. The molecular weight excluding hydrogens is 350 g/mol. The van der Waals surface area contributed by atoms with E-state index in [1.54, 1.807) is 32.9 Å². The molecule has 0 aliphatic carbocycles. The summed E-state index contributed by atoms with van der Waals surface area (Å²) in [4.78, 5) is 37.6. The minimum absolute atomic E-state index is 0.354. The Labute approximate surface area is 159 Å². The van der Waals surface area contributed by atoms with Gasteiger partial charge in [0.1, 0.15) is 0 Å². The van der Waals surface area contributed by atoms with Gasteiger partial charge in [0, 0.05) is 25.2 Å². The van der Waals surface area contributed by atoms with E-state index in [0.717, 1.165) is 38.4 Å². The number of esters is 1. The molecule has 8 heteroatoms. The first-order valence-electron chi connectivity index (χ1n) is 8.91. The minimum atomic E-state index is -0.686. The van der Waals surface area contributed by atoms with E-state index in [-0.39, 0.29) is 0 Å². The summed E-state index contributed by atoms with van der Waals surface area (Å²) in [5, 5.41) is 4.70. The monoisotopic (exact) mass is 377 g/mol. The number of amides is 3. The average molecular weight is 377 g/mol. The Morgan fingerprint density at radius 1 is 1.11 bits per heavy atom. The largest absolute Gasteiger partial charge is 0.452 e. The molecule has 0 spiro atoms. The van der Waals surface area contributed by atoms with Gasteiger partial charge in [0.2, 0.25) is 0 Å². The van der Waals surface area contributed by atoms with Crippen LogP contribution in [0, 0.1) is 0 Å². The van der Waals surface area contributed by atoms with Gasteiger partial charge in [-0.25, -0.2) is 9.59 Å². The molecule has 1 fully saturated rings. The highest BCUT2D eigenvalue weighted by atomic mass is 16.5. The van der Waals surface area contributed by atoms with Crippen LogP contribution >= 0.6 is 0 Å². The fraction of sp³-hybridized carbons (Fsp3) is 0.526. The molecular formula is C19H27N3O5. The summed E-state index contributed by atoms with van der Waals surface area (Å²) in [5.41, 5.74) is 0.974. The van der Waals surface area contributed by atoms with Gasteiger partial charge in [-0.05, 0) is 38.5 Å². The molecule has 1 heterocycles. The lowest BCUT2D eigenvalue weighted by Gasteiger charge is -2.26. The Balaban J connectivity index is 1.76. The van der Waals surface area contributed by atoms with Crippen molar-refractivity contribution in [3.05, 3.63) is 35.4 Å². The fourth-order valence-electron chi connectivity index (χ4n) is 2.51. The van der Waals surface area contributed by atoms with E-state index >= 15 is 0 Å². The van der Waals surface area contributed by atoms with Crippen LogP contribution in [-0.4, -0.2) is 61.3 Å². The van der Waals surface area contributed by atoms with Gasteiger partial charge in [-0.3, -0.25) is 15.0 Å². The third-order valence-electron chi connectivity index (χ3n) is 3.78. The van der Waals surface area contributed by atoms with E-state index in [4.69, 9.17) is 9.47 Å². The third-order valence-corrected chi connectivity index (χ3v) is 3.78. The molecule has 2 N–H and O–H groups in total. The van der Waals surface area contributed by atoms with Crippen molar-refractivity contribution < 1.29 is 23.9 Å². The van der Waals surface area contributed by atoms with Gasteiger partial charge in [0.25, 0.3) is 5.91 Å². The van der Waals surface area contributed by atoms with Crippen LogP contribution < -0.4 is 10.6 Å². The van der Waals surface area contributed by atoms with Crippen LogP contribution in [0.2, 0.25) is 0 Å². The molecule has 1 saturated heterocycles. The lowest BCUT2D eigenvalue weighted by Crippen LogP contribution is -2.49. The van der Waals surface area contributed by atoms with Crippen molar-refractivity contribution in [2.45, 2.75) is 32.9 Å². The summed E-state index contributed by atoms with van der Waals surface area (Å²) in [6.45, 7) is 8.90. The molecule has 1 aliphatic heterocycles. The number of hydrogen-bond acceptors (Lipinski definition) is 6. The van der Waals surface area contributed by atoms with Crippen LogP contribution in [-0.2, 0) is 20.8 Å². The van der Waals surface area contributed by atoms with Gasteiger partial charge < -0.3 is 14.8 Å². The lowest BCUT2D eigenvalue weighted by atomic mass is 10.1. The zero-order chi connectivity index (χ0) is 19.9. The van der Waals surface area contributed by atoms with Crippen molar-refractivity contribution in [2.75, 3.05) is 32.9 Å². The topological polar surface area (TPSA) is 97.0 Å². The van der Waals surface area contributed by atoms with Gasteiger partial charge in [0.05, 0.1) is 18.8 Å². The molecule has 1 aromatic rings. The smallest absolute Gasteiger partial charge is 0.338 e. The molecule has 0 saturated carbocycles. The van der Waals surface area contributed by atoms with E-state index in [9.17, 15) is 14.4 Å². The zero-order valence-electron chi connectivity index (χ0n) is 16.0. The highest BCUT2D eigenvalue weighted by molar-refractivity contribution is 5.97. The Morgan fingerprint density at radius 3 is 2.33 bits per heavy atom. The number of ether oxygens (including phenoxy) is 2. The first-order chi connectivity index (χ1) is 12.7. The molecule has 0 bridgehead atoms. The molecule has 2 rings (SSSR count). The summed E-state index contributed by atoms with van der Waals surface area (Å²) < 4.78 is 10.3. The number of carbonyl (C=O) groups excluding carboxylic acids is 3. The van der Waals surface area contributed by atoms with Gasteiger partial charge in [-0.2, -0.15) is 0 Å². The normalized spacial score (nSPS) is 15.1. The Bertz CT molecular complexity index is 661. The van der Waals surface area contributed by atoms with Crippen LogP contribution in [0.25, 0.3) is 0 Å². The predicted octanol–water partition coefficient (Wildman–Crippen LogP) is 1.30. The number of carbonyl (C=O) groups is 3. The number of hydrogen-bond donors (Lipinski definition) is 2. The van der Waals surface area contributed by atoms with Crippen molar-refractivity contribution in [2.24, 2.45) is 0 Å². The fourth-order valence-corrected chi connectivity index (χ4v) is 2.51. The number of benzene rings is 1. The first-order valence-corrected chi connectivity index (χ1v) is 8.91. The Hall–Kier alpha value is -2.45. The summed E-state index contributed by atoms with van der Waals surface area (Å²) in [5.74, 6) is -1.30. The number of urea groups is 1. The maximum atomic E-state index is 12.0. The van der Waals surface area contributed by atoms with Crippen LogP contribution in [0.5, 0.6) is 0 Å². The van der Waals surface area contributed by atoms with Crippen molar-refractivity contribution >= 4 is 17.9 Å². The van der Waals surface area contributed by atoms with Gasteiger partial charge in [-0.15, -0.1) is 0 Å². The number of nitrogens with one attached hydrogen (secondary N) is 2. The van der Waals surface area contributed by atoms with Crippen molar-refractivity contribution in [3.63, 3.8) is 0 Å². The highest BCUT2D eigenvalue weighted by Crippen LogP contribution is 2.10. The maximum Gasteiger partial charge on any atom is 0.338 e. The SMILES string of the molecule is CC(C)(C)NC(=O)NC(=O)COC(=O)c1ccc(CN2CCOCC2)cc1. The van der Waals surface area contributed by atoms with Crippen molar-refractivity contribution in [3.8, 4) is 0 Å². The van der Waals surface area contributed by atoms with E-state index in [2.05, 4.69) is 15.5 Å². The van der Waals surface area contributed by atoms with E-state index in [0.29, 0.717) is 5.56 Å². The molecule has 1 aromatic carbocycles. The second-order valence-electron chi connectivity index (χ2n) is 7.41. The number of nitrogens with zero attached hydrogens (tertiary/aromatic N) is 1. The van der Waals surface area contributed by atoms with E-state index in [1.165, 1.54) is 0 Å². The molecule has 1 aliphatic rings. The predicted molar refractivity (Wildman–Crippen MR) is 99.2 cm³/mol. The second-order valence-corrected chi connectivity index (χ2v) is 7.41. The van der Waals surface area contributed by atoms with Gasteiger partial charge in [0.15, 0.2) is 6.61 Å². The molecule has 0 unspecified atom stereocenters. The molecule has 27 heavy (non-hydrogen) atoms. The van der Waals surface area contributed by atoms with Crippen LogP contribution in [0.1, 0.15) is 36.7 Å². The molecule has 148 valence electrons. The first kappa shape index (κ1) is 20.9. The van der Waals surface area contributed by atoms with Gasteiger partial charge in [-0.1, -0.05) is 12.1 Å². The maximum absolute atomic E-state index is 12.0. The Kier molecular flexibility index (Phi) is 7.32. The standard InChI is InChI=1S/C19H27N3O5/c1-19(2,3)21-18(25)20-16(23)13-27-17(24)15-6-4-14(5-7-15)12-22-8-10-26-11-9-22/h4-7H,8-13H2,1-3H3,(H2,20,21,23,25). The zero-order valence-corrected chi connectivity index (χ0v) is 16.0. The molecule has 0 radical (unpaired) electrons. The minimum Gasteiger partial charge on any atom is -0.452 e. The number of morpholine rings is 1. The lowest BCUT2D eigenvalue weighted by molar-refractivity contribution is -0.123. The Morgan fingerprint density at radius 2 is 1.74 bits per heavy atom. The summed E-state index contributed by atoms with van der Waals surface area (Å²) in [6, 6.07) is 6.44. The van der Waals surface area contributed by atoms with Crippen molar-refractivity contribution in [1.29, 1.82) is 0 Å². The molecule has 0 atom stereocenters. The summed E-state index contributed by atoms with van der Waals surface area (Å²) in [6.07, 6.45) is 0. The quantitative estimate of drug-likeness (QED) is 0.751. The van der Waals surface area contributed by atoms with Gasteiger partial charge >= 0.3 is 12.0 Å². The molecule has 0 aromatic heterocycles. The van der Waals surface area contributed by atoms with Crippen LogP contribution in [0.4, 0.5) is 4.79 Å². The molecule has 3 amide bonds.